The second kappa shape index (κ2) is 11.3. The third-order valence-corrected chi connectivity index (χ3v) is 9.34. The highest BCUT2D eigenvalue weighted by Crippen LogP contribution is 2.35. The van der Waals surface area contributed by atoms with Crippen molar-refractivity contribution in [3.63, 3.8) is 0 Å². The monoisotopic (exact) mass is 588 g/mol. The van der Waals surface area contributed by atoms with Gasteiger partial charge in [0.05, 0.1) is 16.2 Å². The van der Waals surface area contributed by atoms with Crippen molar-refractivity contribution in [3.8, 4) is 6.07 Å². The molecule has 1 aromatic heterocycles. The van der Waals surface area contributed by atoms with E-state index in [2.05, 4.69) is 42.2 Å². The summed E-state index contributed by atoms with van der Waals surface area (Å²) in [6.45, 7) is 4.46. The molecule has 0 spiro atoms. The van der Waals surface area contributed by atoms with E-state index in [0.29, 0.717) is 10.9 Å². The highest BCUT2D eigenvalue weighted by Gasteiger charge is 2.33. The number of aromatic nitrogens is 1. The lowest BCUT2D eigenvalue weighted by Crippen LogP contribution is -2.35. The molecular weight excluding hydrogens is 565 g/mol. The second-order valence-corrected chi connectivity index (χ2v) is 12.0. The highest BCUT2D eigenvalue weighted by molar-refractivity contribution is 8.30. The van der Waals surface area contributed by atoms with Crippen molar-refractivity contribution in [3.05, 3.63) is 84.3 Å². The van der Waals surface area contributed by atoms with Gasteiger partial charge < -0.3 is 10.0 Å². The summed E-state index contributed by atoms with van der Waals surface area (Å²) in [5, 5.41) is 19.3. The van der Waals surface area contributed by atoms with Crippen molar-refractivity contribution in [2.45, 2.75) is 26.8 Å². The van der Waals surface area contributed by atoms with Gasteiger partial charge in [0.25, 0.3) is 11.5 Å². The predicted molar refractivity (Wildman–Crippen MR) is 163 cm³/mol. The van der Waals surface area contributed by atoms with E-state index >= 15 is 0 Å². The minimum Gasteiger partial charge on any atom is -0.480 e. The first kappa shape index (κ1) is 27.6. The molecule has 2 aromatic carbocycles. The van der Waals surface area contributed by atoms with Crippen molar-refractivity contribution in [1.29, 1.82) is 5.26 Å². The molecule has 1 N–H and O–H groups in total. The molecule has 1 fully saturated rings. The normalized spacial score (nSPS) is 17.0. The van der Waals surface area contributed by atoms with Crippen LogP contribution in [-0.4, -0.2) is 43.9 Å². The quantitative estimate of drug-likeness (QED) is 0.345. The molecule has 0 radical (unpaired) electrons. The predicted octanol–water partition coefficient (Wildman–Crippen LogP) is 3.37. The number of hydrogen-bond donors (Lipinski definition) is 1. The van der Waals surface area contributed by atoms with Crippen LogP contribution in [0.5, 0.6) is 0 Å². The lowest BCUT2D eigenvalue weighted by Gasteiger charge is -2.19. The van der Waals surface area contributed by atoms with Crippen molar-refractivity contribution in [2.75, 3.05) is 18.0 Å². The Bertz CT molecular complexity index is 1810. The molecule has 3 heterocycles. The first-order valence-electron chi connectivity index (χ1n) is 12.5. The van der Waals surface area contributed by atoms with E-state index in [1.54, 1.807) is 13.0 Å². The Balaban J connectivity index is 1.54. The minimum atomic E-state index is -1.22. The SMILES string of the molecule is CCN1C(=O)/C(=c2/s/c(=C/C(C#N)=C\c3ccc4c(c3)CCN4c3ccc(C)cc3)c(=O)n2CC(=O)O)SC1=S. The second-order valence-electron chi connectivity index (χ2n) is 9.28. The number of thiocarbonyl (C=S) groups is 1. The number of hydrogen-bond acceptors (Lipinski definition) is 8. The highest BCUT2D eigenvalue weighted by atomic mass is 32.2. The van der Waals surface area contributed by atoms with E-state index in [1.807, 2.05) is 18.2 Å². The van der Waals surface area contributed by atoms with Crippen molar-refractivity contribution in [2.24, 2.45) is 0 Å². The summed E-state index contributed by atoms with van der Waals surface area (Å²) in [6.07, 6.45) is 4.01. The Kier molecular flexibility index (Phi) is 7.76. The maximum absolute atomic E-state index is 13.2. The number of carbonyl (C=O) groups is 2. The fourth-order valence-corrected chi connectivity index (χ4v) is 7.33. The third kappa shape index (κ3) is 5.25. The third-order valence-electron chi connectivity index (χ3n) is 6.64. The van der Waals surface area contributed by atoms with Crippen LogP contribution in [0.4, 0.5) is 11.4 Å². The van der Waals surface area contributed by atoms with Gasteiger partial charge in [-0.3, -0.25) is 23.9 Å². The number of anilines is 2. The fraction of sp³-hybridized carbons (Fsp3) is 0.207. The fourth-order valence-electron chi connectivity index (χ4n) is 4.70. The summed E-state index contributed by atoms with van der Waals surface area (Å²) in [6, 6.07) is 16.5. The Labute approximate surface area is 243 Å². The minimum absolute atomic E-state index is 0.164. The molecule has 202 valence electrons. The number of amides is 1. The zero-order chi connectivity index (χ0) is 28.6. The molecule has 2 aliphatic rings. The Morgan fingerprint density at radius 3 is 2.60 bits per heavy atom. The average molecular weight is 589 g/mol. The smallest absolute Gasteiger partial charge is 0.323 e. The molecule has 2 aliphatic heterocycles. The lowest BCUT2D eigenvalue weighted by molar-refractivity contribution is -0.137. The number of thiazole rings is 1. The van der Waals surface area contributed by atoms with Crippen LogP contribution in [0.1, 0.15) is 23.6 Å². The number of carboxylic acids is 1. The largest absolute Gasteiger partial charge is 0.480 e. The summed E-state index contributed by atoms with van der Waals surface area (Å²) in [5.41, 5.74) is 5.10. The first-order valence-corrected chi connectivity index (χ1v) is 14.5. The number of carboxylic acid groups (broad SMARTS) is 1. The number of nitriles is 1. The van der Waals surface area contributed by atoms with Crippen molar-refractivity contribution < 1.29 is 14.7 Å². The number of benzene rings is 2. The molecule has 3 aromatic rings. The standard InChI is InChI=1S/C29H24N4O4S3/c1-3-31-27(37)25(40-29(31)38)28-33(16-24(34)35)26(36)23(39-28)14-19(15-30)12-18-6-9-22-20(13-18)10-11-32(22)21-7-4-17(2)5-8-21/h4-9,12-14H,3,10-11,16H2,1-2H3,(H,34,35)/b19-12+,23-14+,28-25-. The number of carbonyl (C=O) groups excluding carboxylic acids is 1. The van der Waals surface area contributed by atoms with Crippen LogP contribution in [0.2, 0.25) is 0 Å². The van der Waals surface area contributed by atoms with Gasteiger partial charge in [-0.1, -0.05) is 47.7 Å². The summed E-state index contributed by atoms with van der Waals surface area (Å²) < 4.78 is 1.80. The number of rotatable bonds is 6. The number of nitrogens with zero attached hydrogens (tertiary/aromatic N) is 4. The molecule has 0 aliphatic carbocycles. The van der Waals surface area contributed by atoms with Gasteiger partial charge in [-0.2, -0.15) is 5.26 Å². The van der Waals surface area contributed by atoms with Gasteiger partial charge in [0.2, 0.25) is 0 Å². The molecule has 11 heteroatoms. The molecule has 40 heavy (non-hydrogen) atoms. The topological polar surface area (TPSA) is 107 Å². The number of aryl methyl sites for hydroxylation is 1. The van der Waals surface area contributed by atoms with Crippen LogP contribution >= 0.6 is 35.3 Å². The first-order chi connectivity index (χ1) is 19.2. The molecule has 0 atom stereocenters. The van der Waals surface area contributed by atoms with Crippen LogP contribution in [-0.2, 0) is 22.6 Å². The molecule has 0 unspecified atom stereocenters. The Hall–Kier alpha value is -3.98. The molecule has 1 saturated heterocycles. The Morgan fingerprint density at radius 2 is 1.95 bits per heavy atom. The number of allylic oxidation sites excluding steroid dienone is 1. The number of thioether (sulfide) groups is 1. The van der Waals surface area contributed by atoms with Crippen LogP contribution in [0.3, 0.4) is 0 Å². The van der Waals surface area contributed by atoms with Crippen molar-refractivity contribution in [1.82, 2.24) is 9.47 Å². The van der Waals surface area contributed by atoms with Gasteiger partial charge in [-0.25, -0.2) is 0 Å². The van der Waals surface area contributed by atoms with Gasteiger partial charge in [0.15, 0.2) is 0 Å². The van der Waals surface area contributed by atoms with E-state index in [4.69, 9.17) is 12.2 Å². The van der Waals surface area contributed by atoms with Crippen LogP contribution < -0.4 is 19.7 Å². The van der Waals surface area contributed by atoms with Crippen LogP contribution in [0, 0.1) is 18.3 Å². The molecule has 5 rings (SSSR count). The average Bonchev–Trinajstić information content (AvgIpc) is 3.57. The summed E-state index contributed by atoms with van der Waals surface area (Å²) >= 11 is 7.32. The van der Waals surface area contributed by atoms with Gasteiger partial charge in [0.1, 0.15) is 20.4 Å². The molecular formula is C29H24N4O4S3. The maximum atomic E-state index is 13.2. The lowest BCUT2D eigenvalue weighted by atomic mass is 10.1. The van der Waals surface area contributed by atoms with E-state index in [0.717, 1.165) is 57.6 Å². The molecule has 1 amide bonds. The molecule has 8 nitrogen and oxygen atoms in total. The number of fused-ring (bicyclic) bond motifs is 1. The number of aliphatic carboxylic acids is 1. The zero-order valence-corrected chi connectivity index (χ0v) is 24.2. The summed E-state index contributed by atoms with van der Waals surface area (Å²) in [4.78, 5) is 41.5. The van der Waals surface area contributed by atoms with E-state index in [1.165, 1.54) is 22.1 Å². The van der Waals surface area contributed by atoms with E-state index in [9.17, 15) is 24.8 Å². The zero-order valence-electron chi connectivity index (χ0n) is 21.7. The molecule has 0 saturated carbocycles. The van der Waals surface area contributed by atoms with Crippen LogP contribution in [0.15, 0.2) is 52.8 Å². The molecule has 0 bridgehead atoms. The van der Waals surface area contributed by atoms with Crippen molar-refractivity contribution >= 4 is 79.9 Å². The summed E-state index contributed by atoms with van der Waals surface area (Å²) in [7, 11) is 0. The van der Waals surface area contributed by atoms with Gasteiger partial charge in [-0.15, -0.1) is 11.3 Å². The Morgan fingerprint density at radius 1 is 1.20 bits per heavy atom. The summed E-state index contributed by atoms with van der Waals surface area (Å²) in [5.74, 6) is -1.58. The van der Waals surface area contributed by atoms with E-state index in [-0.39, 0.29) is 25.6 Å². The van der Waals surface area contributed by atoms with E-state index < -0.39 is 18.1 Å². The van der Waals surface area contributed by atoms with Gasteiger partial charge in [0, 0.05) is 24.5 Å². The van der Waals surface area contributed by atoms with Gasteiger partial charge >= 0.3 is 5.97 Å². The van der Waals surface area contributed by atoms with Crippen LogP contribution in [0.25, 0.3) is 17.1 Å². The van der Waals surface area contributed by atoms with Gasteiger partial charge in [-0.05, 0) is 67.8 Å². The maximum Gasteiger partial charge on any atom is 0.323 e.